The molecule has 0 atom stereocenters. The van der Waals surface area contributed by atoms with Crippen LogP contribution in [0.5, 0.6) is 0 Å². The van der Waals surface area contributed by atoms with Gasteiger partial charge in [0.1, 0.15) is 0 Å². The minimum Gasteiger partial charge on any atom is -0.461 e. The van der Waals surface area contributed by atoms with Crippen LogP contribution in [0, 0.1) is 5.92 Å². The second kappa shape index (κ2) is 9.30. The lowest BCUT2D eigenvalue weighted by Gasteiger charge is -2.21. The van der Waals surface area contributed by atoms with E-state index in [2.05, 4.69) is 10.4 Å². The average molecular weight is 383 g/mol. The van der Waals surface area contributed by atoms with E-state index in [1.807, 2.05) is 6.07 Å². The molecule has 0 saturated heterocycles. The molecule has 7 nitrogen and oxygen atoms in total. The number of rotatable bonds is 6. The molecule has 3 rings (SSSR count). The van der Waals surface area contributed by atoms with Crippen molar-refractivity contribution in [3.63, 3.8) is 0 Å². The standard InChI is InChI=1S/C21H25N3O4/c1-2-28-21(27)20-17(22-18(25)13-15-9-5-3-6-10-15)14-19(26)24(23-20)16-11-7-4-8-12-16/h4,7-8,11-12,14-15H,2-3,5-6,9-10,13H2,1H3,(H,22,25). The number of anilines is 1. The number of nitrogens with zero attached hydrogens (tertiary/aromatic N) is 2. The minimum absolute atomic E-state index is 0.0812. The van der Waals surface area contributed by atoms with Crippen LogP contribution in [0.4, 0.5) is 5.69 Å². The molecular weight excluding hydrogens is 358 g/mol. The molecule has 0 bridgehead atoms. The molecule has 0 spiro atoms. The second-order valence-electron chi connectivity index (χ2n) is 6.97. The van der Waals surface area contributed by atoms with Gasteiger partial charge in [-0.2, -0.15) is 9.78 Å². The fourth-order valence-corrected chi connectivity index (χ4v) is 3.51. The first kappa shape index (κ1) is 19.8. The van der Waals surface area contributed by atoms with Gasteiger partial charge in [0.05, 0.1) is 18.0 Å². The molecule has 1 aromatic carbocycles. The summed E-state index contributed by atoms with van der Waals surface area (Å²) in [7, 11) is 0. The number of aromatic nitrogens is 2. The molecule has 28 heavy (non-hydrogen) atoms. The fourth-order valence-electron chi connectivity index (χ4n) is 3.51. The number of amides is 1. The van der Waals surface area contributed by atoms with E-state index in [9.17, 15) is 14.4 Å². The smallest absolute Gasteiger partial charge is 0.360 e. The highest BCUT2D eigenvalue weighted by molar-refractivity contribution is 5.99. The van der Waals surface area contributed by atoms with E-state index in [1.54, 1.807) is 31.2 Å². The van der Waals surface area contributed by atoms with Crippen LogP contribution in [0.3, 0.4) is 0 Å². The van der Waals surface area contributed by atoms with Gasteiger partial charge in [0.2, 0.25) is 5.91 Å². The van der Waals surface area contributed by atoms with Crippen molar-refractivity contribution in [2.45, 2.75) is 45.4 Å². The van der Waals surface area contributed by atoms with E-state index in [1.165, 1.54) is 12.5 Å². The Kier molecular flexibility index (Phi) is 6.57. The number of benzene rings is 1. The number of hydrogen-bond donors (Lipinski definition) is 1. The van der Waals surface area contributed by atoms with Gasteiger partial charge in [-0.1, -0.05) is 37.5 Å². The number of esters is 1. The number of carbonyl (C=O) groups excluding carboxylic acids is 2. The lowest BCUT2D eigenvalue weighted by atomic mass is 9.87. The molecule has 1 aromatic heterocycles. The maximum atomic E-state index is 12.5. The van der Waals surface area contributed by atoms with Gasteiger partial charge in [0.15, 0.2) is 5.69 Å². The van der Waals surface area contributed by atoms with Crippen LogP contribution in [0.25, 0.3) is 5.69 Å². The predicted octanol–water partition coefficient (Wildman–Crippen LogP) is 3.32. The summed E-state index contributed by atoms with van der Waals surface area (Å²) in [4.78, 5) is 37.4. The Morgan fingerprint density at radius 3 is 2.57 bits per heavy atom. The quantitative estimate of drug-likeness (QED) is 0.773. The van der Waals surface area contributed by atoms with Gasteiger partial charge in [-0.3, -0.25) is 9.59 Å². The third-order valence-corrected chi connectivity index (χ3v) is 4.87. The Labute approximate surface area is 163 Å². The summed E-state index contributed by atoms with van der Waals surface area (Å²) >= 11 is 0. The molecule has 1 N–H and O–H groups in total. The Balaban J connectivity index is 1.88. The molecule has 1 fully saturated rings. The molecule has 0 radical (unpaired) electrons. The first-order valence-corrected chi connectivity index (χ1v) is 9.75. The summed E-state index contributed by atoms with van der Waals surface area (Å²) in [5, 5.41) is 6.88. The summed E-state index contributed by atoms with van der Waals surface area (Å²) in [6.07, 6.45) is 5.94. The number of hydrogen-bond acceptors (Lipinski definition) is 5. The van der Waals surface area contributed by atoms with Crippen LogP contribution >= 0.6 is 0 Å². The Morgan fingerprint density at radius 1 is 1.18 bits per heavy atom. The first-order valence-electron chi connectivity index (χ1n) is 9.75. The SMILES string of the molecule is CCOC(=O)c1nn(-c2ccccc2)c(=O)cc1NC(=O)CC1CCCCC1. The molecule has 0 unspecified atom stereocenters. The number of para-hydroxylation sites is 1. The normalized spacial score (nSPS) is 14.5. The molecule has 1 amide bonds. The monoisotopic (exact) mass is 383 g/mol. The van der Waals surface area contributed by atoms with Crippen molar-refractivity contribution < 1.29 is 14.3 Å². The van der Waals surface area contributed by atoms with Crippen molar-refractivity contribution in [1.82, 2.24) is 9.78 Å². The van der Waals surface area contributed by atoms with Gasteiger partial charge >= 0.3 is 5.97 Å². The zero-order valence-corrected chi connectivity index (χ0v) is 16.0. The van der Waals surface area contributed by atoms with Crippen LogP contribution < -0.4 is 10.9 Å². The topological polar surface area (TPSA) is 90.3 Å². The lowest BCUT2D eigenvalue weighted by molar-refractivity contribution is -0.117. The molecule has 7 heteroatoms. The van der Waals surface area contributed by atoms with Crippen molar-refractivity contribution in [2.24, 2.45) is 5.92 Å². The Hall–Kier alpha value is -2.96. The van der Waals surface area contributed by atoms with Crippen LogP contribution in [0.2, 0.25) is 0 Å². The molecule has 148 valence electrons. The van der Waals surface area contributed by atoms with Gasteiger partial charge in [0, 0.05) is 12.5 Å². The molecule has 1 saturated carbocycles. The zero-order chi connectivity index (χ0) is 19.9. The van der Waals surface area contributed by atoms with E-state index in [0.29, 0.717) is 18.0 Å². The van der Waals surface area contributed by atoms with Crippen molar-refractivity contribution >= 4 is 17.6 Å². The molecule has 1 aliphatic rings. The van der Waals surface area contributed by atoms with Gasteiger partial charge in [0.25, 0.3) is 5.56 Å². The predicted molar refractivity (Wildman–Crippen MR) is 106 cm³/mol. The van der Waals surface area contributed by atoms with Crippen LogP contribution in [0.1, 0.15) is 55.9 Å². The lowest BCUT2D eigenvalue weighted by Crippen LogP contribution is -2.27. The summed E-state index contributed by atoms with van der Waals surface area (Å²) in [5.41, 5.74) is 0.101. The minimum atomic E-state index is -0.680. The summed E-state index contributed by atoms with van der Waals surface area (Å²) in [6, 6.07) is 10.0. The summed E-state index contributed by atoms with van der Waals surface area (Å²) in [5.74, 6) is -0.548. The van der Waals surface area contributed by atoms with E-state index < -0.39 is 11.5 Å². The third kappa shape index (κ3) is 4.85. The second-order valence-corrected chi connectivity index (χ2v) is 6.97. The number of ether oxygens (including phenoxy) is 1. The summed E-state index contributed by atoms with van der Waals surface area (Å²) < 4.78 is 6.19. The fraction of sp³-hybridized carbons (Fsp3) is 0.429. The highest BCUT2D eigenvalue weighted by atomic mass is 16.5. The van der Waals surface area contributed by atoms with Gasteiger partial charge in [-0.25, -0.2) is 4.79 Å². The maximum Gasteiger partial charge on any atom is 0.360 e. The van der Waals surface area contributed by atoms with Gasteiger partial charge in [-0.05, 0) is 37.8 Å². The van der Waals surface area contributed by atoms with Crippen LogP contribution in [-0.2, 0) is 9.53 Å². The molecule has 1 aliphatic carbocycles. The number of nitrogens with one attached hydrogen (secondary N) is 1. The van der Waals surface area contributed by atoms with Gasteiger partial charge in [-0.15, -0.1) is 0 Å². The largest absolute Gasteiger partial charge is 0.461 e. The molecular formula is C21H25N3O4. The molecule has 2 aromatic rings. The van der Waals surface area contributed by atoms with Crippen LogP contribution in [-0.4, -0.2) is 28.3 Å². The van der Waals surface area contributed by atoms with Gasteiger partial charge < -0.3 is 10.1 Å². The molecule has 0 aliphatic heterocycles. The van der Waals surface area contributed by atoms with Crippen molar-refractivity contribution in [1.29, 1.82) is 0 Å². The third-order valence-electron chi connectivity index (χ3n) is 4.87. The Morgan fingerprint density at radius 2 is 1.89 bits per heavy atom. The molecule has 1 heterocycles. The Bertz CT molecular complexity index is 886. The summed E-state index contributed by atoms with van der Waals surface area (Å²) in [6.45, 7) is 1.85. The van der Waals surface area contributed by atoms with E-state index >= 15 is 0 Å². The zero-order valence-electron chi connectivity index (χ0n) is 16.0. The maximum absolute atomic E-state index is 12.5. The van der Waals surface area contributed by atoms with E-state index in [4.69, 9.17) is 4.74 Å². The van der Waals surface area contributed by atoms with Crippen LogP contribution in [0.15, 0.2) is 41.2 Å². The highest BCUT2D eigenvalue weighted by Crippen LogP contribution is 2.26. The van der Waals surface area contributed by atoms with Crippen molar-refractivity contribution in [3.05, 3.63) is 52.4 Å². The number of carbonyl (C=O) groups is 2. The highest BCUT2D eigenvalue weighted by Gasteiger charge is 2.22. The van der Waals surface area contributed by atoms with E-state index in [-0.39, 0.29) is 23.9 Å². The van der Waals surface area contributed by atoms with Crippen molar-refractivity contribution in [3.8, 4) is 5.69 Å². The average Bonchev–Trinajstić information content (AvgIpc) is 2.69. The first-order chi connectivity index (χ1) is 13.6. The van der Waals surface area contributed by atoms with E-state index in [0.717, 1.165) is 30.4 Å². The van der Waals surface area contributed by atoms with Crippen molar-refractivity contribution in [2.75, 3.05) is 11.9 Å².